The van der Waals surface area contributed by atoms with Crippen molar-refractivity contribution in [2.24, 2.45) is 5.92 Å². The van der Waals surface area contributed by atoms with E-state index in [0.29, 0.717) is 29.2 Å². The molecule has 1 aromatic carbocycles. The number of hydrogen-bond donors (Lipinski definition) is 1. The summed E-state index contributed by atoms with van der Waals surface area (Å²) in [6, 6.07) is 9.10. The highest BCUT2D eigenvalue weighted by Gasteiger charge is 2.18. The van der Waals surface area contributed by atoms with Crippen LogP contribution in [0, 0.1) is 19.8 Å². The van der Waals surface area contributed by atoms with Gasteiger partial charge in [0.25, 0.3) is 5.56 Å². The fourth-order valence-electron chi connectivity index (χ4n) is 4.21. The molecule has 1 saturated carbocycles. The Morgan fingerprint density at radius 1 is 1.17 bits per heavy atom. The summed E-state index contributed by atoms with van der Waals surface area (Å²) in [7, 11) is 0. The van der Waals surface area contributed by atoms with Crippen molar-refractivity contribution in [3.05, 3.63) is 58.3 Å². The summed E-state index contributed by atoms with van der Waals surface area (Å²) in [6.45, 7) is 3.74. The lowest BCUT2D eigenvalue weighted by molar-refractivity contribution is -0.117. The first-order valence-corrected chi connectivity index (χ1v) is 10.3. The number of carbonyl (C=O) groups excluding carboxylic acids is 1. The summed E-state index contributed by atoms with van der Waals surface area (Å²) >= 11 is 0. The smallest absolute Gasteiger partial charge is 0.267 e. The van der Waals surface area contributed by atoms with Crippen molar-refractivity contribution in [3.8, 4) is 5.69 Å². The van der Waals surface area contributed by atoms with Gasteiger partial charge in [-0.3, -0.25) is 14.2 Å². The number of aryl methyl sites for hydroxylation is 2. The zero-order valence-corrected chi connectivity index (χ0v) is 16.9. The molecular formula is C23H26N4O2. The fraction of sp³-hybridized carbons (Fsp3) is 0.391. The lowest BCUT2D eigenvalue weighted by Crippen LogP contribution is -2.23. The van der Waals surface area contributed by atoms with Crippen LogP contribution in [-0.4, -0.2) is 20.4 Å². The van der Waals surface area contributed by atoms with Crippen molar-refractivity contribution < 1.29 is 4.79 Å². The van der Waals surface area contributed by atoms with Crippen molar-refractivity contribution in [1.82, 2.24) is 14.5 Å². The molecule has 29 heavy (non-hydrogen) atoms. The monoisotopic (exact) mass is 390 g/mol. The average molecular weight is 390 g/mol. The number of carbonyl (C=O) groups is 1. The maximum absolute atomic E-state index is 13.0. The van der Waals surface area contributed by atoms with Crippen molar-refractivity contribution in [1.29, 1.82) is 0 Å². The van der Waals surface area contributed by atoms with Crippen LogP contribution in [0.15, 0.2) is 41.3 Å². The van der Waals surface area contributed by atoms with Gasteiger partial charge in [-0.25, -0.2) is 9.97 Å². The molecule has 6 nitrogen and oxygen atoms in total. The van der Waals surface area contributed by atoms with Crippen LogP contribution in [0.5, 0.6) is 0 Å². The number of amides is 1. The summed E-state index contributed by atoms with van der Waals surface area (Å²) in [6.07, 6.45) is 8.27. The molecule has 6 heteroatoms. The lowest BCUT2D eigenvalue weighted by Gasteiger charge is -2.21. The van der Waals surface area contributed by atoms with Gasteiger partial charge in [0.05, 0.1) is 11.1 Å². The maximum Gasteiger partial charge on any atom is 0.267 e. The average Bonchev–Trinajstić information content (AvgIpc) is 2.71. The molecule has 1 amide bonds. The molecule has 1 fully saturated rings. The second-order valence-electron chi connectivity index (χ2n) is 7.93. The first-order chi connectivity index (χ1) is 14.0. The largest absolute Gasteiger partial charge is 0.326 e. The van der Waals surface area contributed by atoms with E-state index in [0.717, 1.165) is 29.8 Å². The number of nitrogens with one attached hydrogen (secondary N) is 1. The standard InChI is InChI=1S/C23H26N4O2/c1-15-13-18(27-16(2)25-22-19(23(27)29)9-6-12-24-22)10-11-20(15)26-21(28)14-17-7-4-3-5-8-17/h6,9-13,17H,3-5,7-8,14H2,1-2H3,(H,26,28). The topological polar surface area (TPSA) is 76.9 Å². The van der Waals surface area contributed by atoms with Gasteiger partial charge in [0, 0.05) is 18.3 Å². The van der Waals surface area contributed by atoms with Crippen LogP contribution in [0.2, 0.25) is 0 Å². The zero-order valence-electron chi connectivity index (χ0n) is 16.9. The predicted octanol–water partition coefficient (Wildman–Crippen LogP) is 4.31. The SMILES string of the molecule is Cc1cc(-n2c(C)nc3ncccc3c2=O)ccc1NC(=O)CC1CCCCC1. The molecule has 2 heterocycles. The number of aromatic nitrogens is 3. The molecule has 150 valence electrons. The maximum atomic E-state index is 13.0. The minimum Gasteiger partial charge on any atom is -0.326 e. The van der Waals surface area contributed by atoms with Crippen LogP contribution in [0.1, 0.15) is 49.9 Å². The number of benzene rings is 1. The normalized spacial score (nSPS) is 14.8. The molecule has 0 spiro atoms. The van der Waals surface area contributed by atoms with E-state index in [9.17, 15) is 9.59 Å². The molecule has 1 aliphatic rings. The molecule has 0 radical (unpaired) electrons. The van der Waals surface area contributed by atoms with Crippen LogP contribution in [-0.2, 0) is 4.79 Å². The van der Waals surface area contributed by atoms with E-state index < -0.39 is 0 Å². The van der Waals surface area contributed by atoms with E-state index in [4.69, 9.17) is 0 Å². The highest BCUT2D eigenvalue weighted by molar-refractivity contribution is 5.91. The molecule has 2 aromatic heterocycles. The van der Waals surface area contributed by atoms with Crippen molar-refractivity contribution in [2.45, 2.75) is 52.4 Å². The molecule has 0 bridgehead atoms. The number of hydrogen-bond acceptors (Lipinski definition) is 4. The summed E-state index contributed by atoms with van der Waals surface area (Å²) in [5.74, 6) is 1.15. The molecule has 3 aromatic rings. The van der Waals surface area contributed by atoms with Crippen LogP contribution < -0.4 is 10.9 Å². The van der Waals surface area contributed by atoms with E-state index >= 15 is 0 Å². The van der Waals surface area contributed by atoms with Crippen LogP contribution >= 0.6 is 0 Å². The zero-order chi connectivity index (χ0) is 20.4. The first-order valence-electron chi connectivity index (χ1n) is 10.3. The predicted molar refractivity (Wildman–Crippen MR) is 114 cm³/mol. The van der Waals surface area contributed by atoms with Gasteiger partial charge < -0.3 is 5.32 Å². The quantitative estimate of drug-likeness (QED) is 0.720. The Bertz CT molecular complexity index is 1110. The Kier molecular flexibility index (Phi) is 5.43. The molecule has 4 rings (SSSR count). The minimum atomic E-state index is -0.144. The van der Waals surface area contributed by atoms with Crippen LogP contribution in [0.25, 0.3) is 16.7 Å². The third-order valence-electron chi connectivity index (χ3n) is 5.75. The molecular weight excluding hydrogens is 364 g/mol. The number of anilines is 1. The van der Waals surface area contributed by atoms with Crippen LogP contribution in [0.3, 0.4) is 0 Å². The number of nitrogens with zero attached hydrogens (tertiary/aromatic N) is 3. The number of fused-ring (bicyclic) bond motifs is 1. The fourth-order valence-corrected chi connectivity index (χ4v) is 4.21. The van der Waals surface area contributed by atoms with E-state index in [1.54, 1.807) is 29.8 Å². The Labute approximate surface area is 170 Å². The van der Waals surface area contributed by atoms with Gasteiger partial charge in [-0.1, -0.05) is 19.3 Å². The summed E-state index contributed by atoms with van der Waals surface area (Å²) < 4.78 is 1.59. The van der Waals surface area contributed by atoms with Gasteiger partial charge in [-0.05, 0) is 68.5 Å². The molecule has 1 aliphatic carbocycles. The third kappa shape index (κ3) is 4.06. The summed E-state index contributed by atoms with van der Waals surface area (Å²) in [4.78, 5) is 34.1. The number of rotatable bonds is 4. The molecule has 0 aliphatic heterocycles. The second-order valence-corrected chi connectivity index (χ2v) is 7.93. The summed E-state index contributed by atoms with van der Waals surface area (Å²) in [5, 5.41) is 3.53. The van der Waals surface area contributed by atoms with Gasteiger partial charge in [-0.2, -0.15) is 0 Å². The van der Waals surface area contributed by atoms with Crippen molar-refractivity contribution in [2.75, 3.05) is 5.32 Å². The van der Waals surface area contributed by atoms with Gasteiger partial charge in [-0.15, -0.1) is 0 Å². The highest BCUT2D eigenvalue weighted by Crippen LogP contribution is 2.27. The second kappa shape index (κ2) is 8.15. The Morgan fingerprint density at radius 3 is 2.72 bits per heavy atom. The molecule has 1 N–H and O–H groups in total. The third-order valence-corrected chi connectivity index (χ3v) is 5.75. The van der Waals surface area contributed by atoms with E-state index in [1.807, 2.05) is 25.1 Å². The molecule has 0 saturated heterocycles. The number of pyridine rings is 1. The van der Waals surface area contributed by atoms with Gasteiger partial charge in [0.2, 0.25) is 5.91 Å². The first kappa shape index (κ1) is 19.3. The Morgan fingerprint density at radius 2 is 1.97 bits per heavy atom. The van der Waals surface area contributed by atoms with Gasteiger partial charge in [0.1, 0.15) is 5.82 Å². The van der Waals surface area contributed by atoms with Crippen molar-refractivity contribution in [3.63, 3.8) is 0 Å². The Balaban J connectivity index is 1.58. The highest BCUT2D eigenvalue weighted by atomic mass is 16.1. The minimum absolute atomic E-state index is 0.0690. The van der Waals surface area contributed by atoms with E-state index in [1.165, 1.54) is 19.3 Å². The molecule has 0 unspecified atom stereocenters. The van der Waals surface area contributed by atoms with Gasteiger partial charge in [0.15, 0.2) is 5.65 Å². The van der Waals surface area contributed by atoms with Gasteiger partial charge >= 0.3 is 0 Å². The summed E-state index contributed by atoms with van der Waals surface area (Å²) in [5.41, 5.74) is 2.74. The van der Waals surface area contributed by atoms with E-state index in [2.05, 4.69) is 15.3 Å². The van der Waals surface area contributed by atoms with E-state index in [-0.39, 0.29) is 11.5 Å². The lowest BCUT2D eigenvalue weighted by atomic mass is 9.87. The Hall–Kier alpha value is -3.02. The van der Waals surface area contributed by atoms with Crippen LogP contribution in [0.4, 0.5) is 5.69 Å². The molecule has 0 atom stereocenters. The van der Waals surface area contributed by atoms with Crippen molar-refractivity contribution >= 4 is 22.6 Å².